The topological polar surface area (TPSA) is 69.4 Å². The van der Waals surface area contributed by atoms with Crippen LogP contribution in [0.25, 0.3) is 0 Å². The molecule has 2 N–H and O–H groups in total. The highest BCUT2D eigenvalue weighted by atomic mass is 32.2. The average Bonchev–Trinajstić information content (AvgIpc) is 2.81. The zero-order chi connectivity index (χ0) is 17.1. The average molecular weight is 347 g/mol. The number of fused-ring (bicyclic) bond motifs is 5. The summed E-state index contributed by atoms with van der Waals surface area (Å²) in [5, 5.41) is 4.98. The third-order valence-corrected chi connectivity index (χ3v) is 7.08. The highest BCUT2D eigenvalue weighted by Crippen LogP contribution is 2.62. The van der Waals surface area contributed by atoms with Crippen molar-refractivity contribution in [2.24, 2.45) is 22.4 Å². The Bertz CT molecular complexity index is 801. The predicted octanol–water partition coefficient (Wildman–Crippen LogP) is 3.68. The maximum atomic E-state index is 11.1. The molecule has 0 saturated heterocycles. The molecule has 2 fully saturated rings. The first-order valence-corrected chi connectivity index (χ1v) is 10.3. The minimum absolute atomic E-state index is 0.320. The van der Waals surface area contributed by atoms with Gasteiger partial charge in [-0.2, -0.15) is 13.6 Å². The molecule has 5 heteroatoms. The standard InChI is InChI=1S/C19H25NO3S/c1-12-7-9-19(2)10-8-16-15-6-4-14(23-24(20,21)22)11-13(15)3-5-17(16)18(12)19/h4,6,11,16-18H,1,3,5,7-10H2,2H3,(H2,20,21,22)/t16-,17-,18+,19+/m1/s1. The van der Waals surface area contributed by atoms with Crippen molar-refractivity contribution in [3.63, 3.8) is 0 Å². The van der Waals surface area contributed by atoms with Crippen molar-refractivity contribution in [3.8, 4) is 5.75 Å². The number of benzene rings is 1. The Hall–Kier alpha value is -1.33. The van der Waals surface area contributed by atoms with E-state index in [1.54, 1.807) is 6.07 Å². The molecule has 1 aromatic rings. The summed E-state index contributed by atoms with van der Waals surface area (Å²) >= 11 is 0. The van der Waals surface area contributed by atoms with Gasteiger partial charge in [0.15, 0.2) is 0 Å². The van der Waals surface area contributed by atoms with Crippen molar-refractivity contribution in [1.29, 1.82) is 0 Å². The zero-order valence-electron chi connectivity index (χ0n) is 14.1. The first kappa shape index (κ1) is 16.2. The third-order valence-electron chi connectivity index (χ3n) is 6.65. The smallest absolute Gasteiger partial charge is 0.371 e. The quantitative estimate of drug-likeness (QED) is 0.830. The van der Waals surface area contributed by atoms with Crippen LogP contribution in [0.1, 0.15) is 56.1 Å². The van der Waals surface area contributed by atoms with Gasteiger partial charge in [-0.25, -0.2) is 0 Å². The van der Waals surface area contributed by atoms with Gasteiger partial charge in [0.2, 0.25) is 0 Å². The molecule has 4 nitrogen and oxygen atoms in total. The Morgan fingerprint density at radius 3 is 2.79 bits per heavy atom. The molecule has 3 aliphatic carbocycles. The van der Waals surface area contributed by atoms with Gasteiger partial charge in [-0.1, -0.05) is 25.1 Å². The second-order valence-electron chi connectivity index (χ2n) is 8.07. The highest BCUT2D eigenvalue weighted by Gasteiger charge is 2.51. The SMILES string of the molecule is C=C1CC[C@@]2(C)CC[C@@H]3c4ccc(OS(N)(=O)=O)cc4CC[C@H]3[C@H]12. The highest BCUT2D eigenvalue weighted by molar-refractivity contribution is 7.84. The minimum Gasteiger partial charge on any atom is -0.371 e. The maximum absolute atomic E-state index is 11.1. The van der Waals surface area contributed by atoms with Gasteiger partial charge >= 0.3 is 10.3 Å². The van der Waals surface area contributed by atoms with Crippen molar-refractivity contribution in [2.75, 3.05) is 0 Å². The van der Waals surface area contributed by atoms with Crippen LogP contribution in [-0.2, 0) is 16.7 Å². The molecule has 0 aromatic heterocycles. The van der Waals surface area contributed by atoms with Gasteiger partial charge in [0.1, 0.15) is 5.75 Å². The molecular formula is C19H25NO3S. The monoisotopic (exact) mass is 347 g/mol. The van der Waals surface area contributed by atoms with Crippen molar-refractivity contribution >= 4 is 10.3 Å². The molecule has 4 atom stereocenters. The van der Waals surface area contributed by atoms with Crippen LogP contribution in [0.5, 0.6) is 5.75 Å². The Kier molecular flexibility index (Phi) is 3.59. The molecule has 4 rings (SSSR count). The fourth-order valence-corrected chi connectivity index (χ4v) is 6.08. The van der Waals surface area contributed by atoms with E-state index in [4.69, 9.17) is 9.32 Å². The molecule has 0 spiro atoms. The fraction of sp³-hybridized carbons (Fsp3) is 0.579. The van der Waals surface area contributed by atoms with Gasteiger partial charge < -0.3 is 4.18 Å². The van der Waals surface area contributed by atoms with Gasteiger partial charge in [-0.3, -0.25) is 0 Å². The third kappa shape index (κ3) is 2.58. The largest absolute Gasteiger partial charge is 0.380 e. The van der Waals surface area contributed by atoms with E-state index in [9.17, 15) is 8.42 Å². The first-order valence-electron chi connectivity index (χ1n) is 8.79. The Balaban J connectivity index is 1.66. The van der Waals surface area contributed by atoms with E-state index in [1.807, 2.05) is 12.1 Å². The van der Waals surface area contributed by atoms with Crippen molar-refractivity contribution in [1.82, 2.24) is 0 Å². The van der Waals surface area contributed by atoms with Crippen molar-refractivity contribution in [2.45, 2.75) is 51.4 Å². The predicted molar refractivity (Wildman–Crippen MR) is 93.9 cm³/mol. The van der Waals surface area contributed by atoms with Crippen LogP contribution in [0.15, 0.2) is 30.4 Å². The lowest BCUT2D eigenvalue weighted by Gasteiger charge is -2.49. The lowest BCUT2D eigenvalue weighted by Crippen LogP contribution is -2.40. The van der Waals surface area contributed by atoms with E-state index in [-0.39, 0.29) is 0 Å². The molecule has 130 valence electrons. The van der Waals surface area contributed by atoms with E-state index in [2.05, 4.69) is 13.5 Å². The van der Waals surface area contributed by atoms with Crippen LogP contribution in [0.2, 0.25) is 0 Å². The lowest BCUT2D eigenvalue weighted by molar-refractivity contribution is 0.0779. The zero-order valence-corrected chi connectivity index (χ0v) is 14.9. The number of hydrogen-bond donors (Lipinski definition) is 1. The Labute approximate surface area is 144 Å². The summed E-state index contributed by atoms with van der Waals surface area (Å²) in [6, 6.07) is 5.64. The molecule has 0 amide bonds. The number of allylic oxidation sites excluding steroid dienone is 1. The van der Waals surface area contributed by atoms with Gasteiger partial charge in [-0.05, 0) is 85.0 Å². The van der Waals surface area contributed by atoms with Crippen molar-refractivity contribution < 1.29 is 12.6 Å². The Morgan fingerprint density at radius 1 is 1.25 bits per heavy atom. The number of nitrogens with two attached hydrogens (primary N) is 1. The molecule has 0 unspecified atom stereocenters. The van der Waals surface area contributed by atoms with E-state index in [0.717, 1.165) is 12.8 Å². The molecule has 1 aromatic carbocycles. The van der Waals surface area contributed by atoms with E-state index in [0.29, 0.717) is 28.9 Å². The summed E-state index contributed by atoms with van der Waals surface area (Å²) < 4.78 is 27.1. The normalized spacial score (nSPS) is 35.1. The minimum atomic E-state index is -3.97. The fourth-order valence-electron chi connectivity index (χ4n) is 5.70. The number of rotatable bonds is 2. The van der Waals surface area contributed by atoms with Gasteiger partial charge in [-0.15, -0.1) is 0 Å². The maximum Gasteiger partial charge on any atom is 0.380 e. The van der Waals surface area contributed by atoms with Crippen LogP contribution in [0.4, 0.5) is 0 Å². The molecular weight excluding hydrogens is 322 g/mol. The number of hydrogen-bond acceptors (Lipinski definition) is 3. The number of aryl methyl sites for hydroxylation is 1. The molecule has 0 bridgehead atoms. The lowest BCUT2D eigenvalue weighted by atomic mass is 9.55. The summed E-state index contributed by atoms with van der Waals surface area (Å²) in [6.45, 7) is 6.83. The second kappa shape index (κ2) is 5.33. The molecule has 3 aliphatic rings. The van der Waals surface area contributed by atoms with Crippen LogP contribution < -0.4 is 9.32 Å². The molecule has 0 radical (unpaired) electrons. The summed E-state index contributed by atoms with van der Waals surface area (Å²) in [4.78, 5) is 0. The summed E-state index contributed by atoms with van der Waals surface area (Å²) in [7, 11) is -3.97. The first-order chi connectivity index (χ1) is 11.3. The second-order valence-corrected chi connectivity index (χ2v) is 9.23. The molecule has 0 heterocycles. The summed E-state index contributed by atoms with van der Waals surface area (Å²) in [5.41, 5.74) is 4.47. The van der Waals surface area contributed by atoms with Crippen molar-refractivity contribution in [3.05, 3.63) is 41.5 Å². The molecule has 0 aliphatic heterocycles. The van der Waals surface area contributed by atoms with Crippen LogP contribution in [-0.4, -0.2) is 8.42 Å². The van der Waals surface area contributed by atoms with Crippen LogP contribution in [0, 0.1) is 17.3 Å². The van der Waals surface area contributed by atoms with Gasteiger partial charge in [0.05, 0.1) is 0 Å². The van der Waals surface area contributed by atoms with E-state index in [1.165, 1.54) is 42.4 Å². The Morgan fingerprint density at radius 2 is 2.04 bits per heavy atom. The van der Waals surface area contributed by atoms with Crippen LogP contribution in [0.3, 0.4) is 0 Å². The van der Waals surface area contributed by atoms with Crippen LogP contribution >= 0.6 is 0 Å². The summed E-state index contributed by atoms with van der Waals surface area (Å²) in [5.74, 6) is 2.20. The van der Waals surface area contributed by atoms with Gasteiger partial charge in [0, 0.05) is 0 Å². The molecule has 2 saturated carbocycles. The molecule has 24 heavy (non-hydrogen) atoms. The van der Waals surface area contributed by atoms with Gasteiger partial charge in [0.25, 0.3) is 0 Å². The summed E-state index contributed by atoms with van der Waals surface area (Å²) in [6.07, 6.45) is 7.06. The van der Waals surface area contributed by atoms with E-state index >= 15 is 0 Å². The van der Waals surface area contributed by atoms with E-state index < -0.39 is 10.3 Å².